The zero-order chi connectivity index (χ0) is 8.10. The molecule has 4 nitrogen and oxygen atoms in total. The molecule has 0 saturated heterocycles. The van der Waals surface area contributed by atoms with E-state index in [2.05, 4.69) is 4.99 Å². The average Bonchev–Trinajstić information content (AvgIpc) is 2.06. The van der Waals surface area contributed by atoms with Crippen LogP contribution in [0.4, 0.5) is 11.4 Å². The van der Waals surface area contributed by atoms with Gasteiger partial charge < -0.3 is 0 Å². The van der Waals surface area contributed by atoms with E-state index in [1.165, 1.54) is 12.1 Å². The third-order valence-corrected chi connectivity index (χ3v) is 1.14. The predicted octanol–water partition coefficient (Wildman–Crippen LogP) is 0.132. The Kier molecular flexibility index (Phi) is 2.25. The molecule has 11 heavy (non-hydrogen) atoms. The number of carbonyl (C=O) groups excluding carboxylic acids is 1. The van der Waals surface area contributed by atoms with E-state index in [1.54, 1.807) is 23.4 Å². The Labute approximate surface area is 62.5 Å². The molecule has 0 aliphatic carbocycles. The molecular formula is C7H5N2O2+. The second-order valence-electron chi connectivity index (χ2n) is 1.86. The maximum Gasteiger partial charge on any atom is 0.255 e. The first-order valence-corrected chi connectivity index (χ1v) is 2.93. The summed E-state index contributed by atoms with van der Waals surface area (Å²) >= 11 is 0. The highest BCUT2D eigenvalue weighted by molar-refractivity contribution is 5.52. The minimum absolute atomic E-state index is 0.376. The molecule has 0 heterocycles. The van der Waals surface area contributed by atoms with Crippen molar-refractivity contribution < 1.29 is 9.97 Å². The van der Waals surface area contributed by atoms with E-state index in [1.807, 2.05) is 0 Å². The van der Waals surface area contributed by atoms with Crippen LogP contribution >= 0.6 is 0 Å². The third kappa shape index (κ3) is 1.81. The molecule has 1 aromatic carbocycles. The van der Waals surface area contributed by atoms with Crippen LogP contribution in [0.5, 0.6) is 0 Å². The molecule has 1 rings (SSSR count). The summed E-state index contributed by atoms with van der Waals surface area (Å²) in [4.78, 5) is 23.2. The molecule has 0 aromatic heterocycles. The van der Waals surface area contributed by atoms with Crippen molar-refractivity contribution in [3.05, 3.63) is 29.2 Å². The minimum atomic E-state index is 0.376. The average molecular weight is 149 g/mol. The van der Waals surface area contributed by atoms with Gasteiger partial charge in [-0.1, -0.05) is 6.07 Å². The lowest BCUT2D eigenvalue weighted by atomic mass is 10.3. The van der Waals surface area contributed by atoms with E-state index >= 15 is 0 Å². The number of hydrogen-bond acceptors (Lipinski definition) is 3. The third-order valence-electron chi connectivity index (χ3n) is 1.14. The first-order valence-electron chi connectivity index (χ1n) is 2.93. The molecule has 0 radical (unpaired) electrons. The zero-order valence-corrected chi connectivity index (χ0v) is 5.57. The van der Waals surface area contributed by atoms with Gasteiger partial charge in [0.25, 0.3) is 5.69 Å². The second kappa shape index (κ2) is 3.39. The topological polar surface area (TPSA) is 60.5 Å². The highest BCUT2D eigenvalue weighted by Gasteiger charge is 1.97. The van der Waals surface area contributed by atoms with E-state index in [0.29, 0.717) is 11.4 Å². The Morgan fingerprint density at radius 1 is 1.45 bits per heavy atom. The molecule has 54 valence electrons. The summed E-state index contributed by atoms with van der Waals surface area (Å²) < 4.78 is 0. The van der Waals surface area contributed by atoms with Crippen LogP contribution in [0.15, 0.2) is 29.3 Å². The van der Waals surface area contributed by atoms with E-state index in [4.69, 9.17) is 0 Å². The van der Waals surface area contributed by atoms with Gasteiger partial charge in [-0.3, -0.25) is 0 Å². The van der Waals surface area contributed by atoms with Crippen LogP contribution in [-0.2, 0) is 4.79 Å². The van der Waals surface area contributed by atoms with Crippen molar-refractivity contribution in [3.63, 3.8) is 0 Å². The van der Waals surface area contributed by atoms with Gasteiger partial charge in [0, 0.05) is 22.2 Å². The molecule has 0 bridgehead atoms. The van der Waals surface area contributed by atoms with Crippen LogP contribution < -0.4 is 5.18 Å². The number of rotatable bonds is 2. The van der Waals surface area contributed by atoms with E-state index < -0.39 is 0 Å². The summed E-state index contributed by atoms with van der Waals surface area (Å²) in [6.07, 6.45) is 1.38. The molecule has 0 atom stereocenters. The number of nitrogens with zero attached hydrogens (tertiary/aromatic N) is 1. The highest BCUT2D eigenvalue weighted by Crippen LogP contribution is 2.12. The van der Waals surface area contributed by atoms with E-state index in [9.17, 15) is 9.70 Å². The zero-order valence-electron chi connectivity index (χ0n) is 5.57. The molecular weight excluding hydrogens is 144 g/mol. The summed E-state index contributed by atoms with van der Waals surface area (Å²) in [7, 11) is 0. The molecule has 0 amide bonds. The fraction of sp³-hybridized carbons (Fsp3) is 0. The van der Waals surface area contributed by atoms with Gasteiger partial charge in [-0.2, -0.15) is 4.99 Å². The second-order valence-corrected chi connectivity index (χ2v) is 1.86. The van der Waals surface area contributed by atoms with Gasteiger partial charge in [0.15, 0.2) is 0 Å². The van der Waals surface area contributed by atoms with Gasteiger partial charge >= 0.3 is 0 Å². The molecule has 0 unspecified atom stereocenters. The van der Waals surface area contributed by atoms with E-state index in [-0.39, 0.29) is 0 Å². The number of aliphatic imine (C=N–C) groups is 1. The van der Waals surface area contributed by atoms with Gasteiger partial charge in [-0.05, 0) is 6.07 Å². The number of isocyanates is 1. The van der Waals surface area contributed by atoms with Crippen molar-refractivity contribution in [1.29, 1.82) is 0 Å². The molecule has 0 saturated carbocycles. The van der Waals surface area contributed by atoms with E-state index in [0.717, 1.165) is 0 Å². The molecule has 0 aliphatic rings. The largest absolute Gasteiger partial charge is 0.255 e. The van der Waals surface area contributed by atoms with Gasteiger partial charge in [0.05, 0.1) is 5.69 Å². The fourth-order valence-corrected chi connectivity index (χ4v) is 0.692. The molecule has 0 fully saturated rings. The fourth-order valence-electron chi connectivity index (χ4n) is 0.692. The van der Waals surface area contributed by atoms with Gasteiger partial charge in [-0.15, -0.1) is 0 Å². The Hall–Kier alpha value is -1.80. The number of hydrogen-bond donors (Lipinski definition) is 1. The summed E-state index contributed by atoms with van der Waals surface area (Å²) in [5.41, 5.74) is 0.794. The smallest absolute Gasteiger partial charge is 0.211 e. The maximum absolute atomic E-state index is 10.1. The lowest BCUT2D eigenvalue weighted by molar-refractivity contribution is -0.379. The van der Waals surface area contributed by atoms with Gasteiger partial charge in [0.1, 0.15) is 0 Å². The van der Waals surface area contributed by atoms with Gasteiger partial charge in [-0.25, -0.2) is 4.79 Å². The molecule has 0 spiro atoms. The summed E-state index contributed by atoms with van der Waals surface area (Å²) in [5, 5.41) is 1.69. The predicted molar refractivity (Wildman–Crippen MR) is 38.2 cm³/mol. The molecule has 0 aliphatic heterocycles. The van der Waals surface area contributed by atoms with Crippen molar-refractivity contribution in [3.8, 4) is 0 Å². The molecule has 1 aromatic rings. The highest BCUT2D eigenvalue weighted by atomic mass is 16.3. The normalized spacial score (nSPS) is 8.36. The monoisotopic (exact) mass is 149 g/mol. The Morgan fingerprint density at radius 3 is 2.91 bits per heavy atom. The van der Waals surface area contributed by atoms with Crippen LogP contribution in [0.25, 0.3) is 0 Å². The van der Waals surface area contributed by atoms with Crippen LogP contribution in [-0.4, -0.2) is 6.08 Å². The maximum atomic E-state index is 10.1. The standard InChI is InChI=1S/C7H4N2O2/c10-5-8-6-2-1-3-7(4-6)9-11/h1-4H/p+1. The summed E-state index contributed by atoms with van der Waals surface area (Å²) in [6.45, 7) is 0. The van der Waals surface area contributed by atoms with Crippen LogP contribution in [0.3, 0.4) is 0 Å². The Morgan fingerprint density at radius 2 is 2.27 bits per heavy atom. The lowest BCUT2D eigenvalue weighted by Gasteiger charge is -1.84. The van der Waals surface area contributed by atoms with Crippen LogP contribution in [0, 0.1) is 4.91 Å². The van der Waals surface area contributed by atoms with Crippen molar-refractivity contribution in [2.45, 2.75) is 0 Å². The van der Waals surface area contributed by atoms with Crippen molar-refractivity contribution in [2.75, 3.05) is 0 Å². The molecule has 1 N–H and O–H groups in total. The van der Waals surface area contributed by atoms with Crippen molar-refractivity contribution in [2.24, 2.45) is 4.99 Å². The number of benzene rings is 1. The number of nitrogens with one attached hydrogen (secondary N) is 1. The lowest BCUT2D eigenvalue weighted by Crippen LogP contribution is -2.55. The van der Waals surface area contributed by atoms with Crippen molar-refractivity contribution in [1.82, 2.24) is 0 Å². The molecule has 4 heteroatoms. The van der Waals surface area contributed by atoms with Gasteiger partial charge in [0.2, 0.25) is 6.08 Å². The summed E-state index contributed by atoms with van der Waals surface area (Å²) in [6, 6.07) is 6.26. The van der Waals surface area contributed by atoms with Crippen LogP contribution in [0.1, 0.15) is 0 Å². The SMILES string of the molecule is O=C=Nc1cccc([NH+]=O)c1. The first kappa shape index (κ1) is 7.31. The quantitative estimate of drug-likeness (QED) is 0.480. The first-order chi connectivity index (χ1) is 5.36. The minimum Gasteiger partial charge on any atom is -0.211 e. The summed E-state index contributed by atoms with van der Waals surface area (Å²) in [5.74, 6) is 0. The number of nitroso groups, excluding NO2 is 1. The van der Waals surface area contributed by atoms with Crippen LogP contribution in [0.2, 0.25) is 0 Å². The Balaban J connectivity index is 3.09. The van der Waals surface area contributed by atoms with Crippen molar-refractivity contribution >= 4 is 17.5 Å². The Bertz CT molecular complexity index is 316.